The number of hydrogen-bond donors (Lipinski definition) is 0. The van der Waals surface area contributed by atoms with Crippen LogP contribution in [0.25, 0.3) is 0 Å². The van der Waals surface area contributed by atoms with Gasteiger partial charge >= 0.3 is 5.97 Å². The molecule has 2 unspecified atom stereocenters. The smallest absolute Gasteiger partial charge is 0.330 e. The molecule has 1 fully saturated rings. The molecule has 4 heterocycles. The minimum atomic E-state index is -0.332. The van der Waals surface area contributed by atoms with Crippen LogP contribution < -0.4 is 0 Å². The van der Waals surface area contributed by atoms with Crippen LogP contribution in [0.3, 0.4) is 0 Å². The van der Waals surface area contributed by atoms with Gasteiger partial charge in [0, 0.05) is 28.4 Å². The fourth-order valence-corrected chi connectivity index (χ4v) is 5.81. The van der Waals surface area contributed by atoms with Crippen LogP contribution in [0, 0.1) is 5.92 Å². The number of cyclic esters (lactones) is 1. The van der Waals surface area contributed by atoms with Gasteiger partial charge in [-0.25, -0.2) is 4.79 Å². The number of carbonyl (C=O) groups is 1. The summed E-state index contributed by atoms with van der Waals surface area (Å²) < 4.78 is 29.7. The molecule has 4 aliphatic heterocycles. The van der Waals surface area contributed by atoms with Crippen LogP contribution in [-0.4, -0.2) is 55.3 Å². The SMILES string of the molecule is C=C1CC(OP)[C@@H]2O[C@H]2C[C@@H](CC=C[C@@H]2CC(C)=CCO2)OC(=O)C=CC[C@@H]2C=CC[C@@H](C[C@@H](C)C1)O2. The molecule has 0 spiro atoms. The third kappa shape index (κ3) is 9.30. The number of ether oxygens (including phenoxy) is 4. The Bertz CT molecular complexity index is 908. The molecular formula is C30H43O6P. The number of rotatable bonds is 4. The lowest BCUT2D eigenvalue weighted by Crippen LogP contribution is -2.26. The van der Waals surface area contributed by atoms with Crippen molar-refractivity contribution in [1.82, 2.24) is 0 Å². The summed E-state index contributed by atoms with van der Waals surface area (Å²) in [6.45, 7) is 9.37. The van der Waals surface area contributed by atoms with Crippen molar-refractivity contribution < 1.29 is 28.3 Å². The van der Waals surface area contributed by atoms with Crippen molar-refractivity contribution >= 4 is 15.4 Å². The van der Waals surface area contributed by atoms with Gasteiger partial charge in [0.2, 0.25) is 0 Å². The highest BCUT2D eigenvalue weighted by Crippen LogP contribution is 2.37. The third-order valence-corrected chi connectivity index (χ3v) is 7.84. The molecule has 204 valence electrons. The molecule has 37 heavy (non-hydrogen) atoms. The summed E-state index contributed by atoms with van der Waals surface area (Å²) in [6.07, 6.45) is 20.2. The number of esters is 1. The van der Waals surface area contributed by atoms with Crippen LogP contribution in [0.15, 0.2) is 60.3 Å². The Hall–Kier alpha value is -1.56. The van der Waals surface area contributed by atoms with Crippen LogP contribution >= 0.6 is 9.47 Å². The van der Waals surface area contributed by atoms with E-state index in [1.54, 1.807) is 0 Å². The van der Waals surface area contributed by atoms with Gasteiger partial charge in [-0.15, -0.1) is 0 Å². The lowest BCUT2D eigenvalue weighted by Gasteiger charge is -2.28. The Morgan fingerprint density at radius 1 is 1.16 bits per heavy atom. The molecule has 2 bridgehead atoms. The summed E-state index contributed by atoms with van der Waals surface area (Å²) in [7, 11) is 2.39. The molecule has 0 radical (unpaired) electrons. The third-order valence-electron chi connectivity index (χ3n) is 7.49. The lowest BCUT2D eigenvalue weighted by atomic mass is 9.91. The van der Waals surface area contributed by atoms with Crippen molar-refractivity contribution in [2.75, 3.05) is 6.61 Å². The van der Waals surface area contributed by atoms with E-state index in [-0.39, 0.29) is 48.7 Å². The Balaban J connectivity index is 1.42. The predicted molar refractivity (Wildman–Crippen MR) is 148 cm³/mol. The summed E-state index contributed by atoms with van der Waals surface area (Å²) in [5, 5.41) is 0. The molecule has 0 amide bonds. The molecule has 4 rings (SSSR count). The standard InChI is InChI=1S/C30H43O6P/c1-20-13-14-32-24(16-20)9-5-11-26-19-27-30(35-27)28(36-37)18-22(3)15-21(2)17-25-10-4-7-23(33-25)8-6-12-29(31)34-26/h4-7,9,12-13,21,23-28,30H,3,8,10-11,14-19,37H2,1-2H3/t21-,23-,24+,25-,26+,27-,28?,30+/m0/s1. The van der Waals surface area contributed by atoms with Crippen molar-refractivity contribution in [3.8, 4) is 0 Å². The maximum atomic E-state index is 12.7. The zero-order valence-electron chi connectivity index (χ0n) is 22.3. The van der Waals surface area contributed by atoms with Gasteiger partial charge in [-0.05, 0) is 51.4 Å². The van der Waals surface area contributed by atoms with Crippen LogP contribution in [0.2, 0.25) is 0 Å². The first-order chi connectivity index (χ1) is 17.9. The topological polar surface area (TPSA) is 66.5 Å². The molecule has 9 atom stereocenters. The van der Waals surface area contributed by atoms with E-state index in [0.29, 0.717) is 31.8 Å². The van der Waals surface area contributed by atoms with E-state index in [0.717, 1.165) is 32.1 Å². The van der Waals surface area contributed by atoms with Crippen molar-refractivity contribution in [1.29, 1.82) is 0 Å². The predicted octanol–water partition coefficient (Wildman–Crippen LogP) is 5.95. The number of epoxide rings is 1. The van der Waals surface area contributed by atoms with Crippen LogP contribution in [-0.2, 0) is 28.3 Å². The van der Waals surface area contributed by atoms with E-state index in [2.05, 4.69) is 60.3 Å². The summed E-state index contributed by atoms with van der Waals surface area (Å²) in [4.78, 5) is 12.7. The number of hydrogen-bond acceptors (Lipinski definition) is 6. The molecule has 1 saturated heterocycles. The van der Waals surface area contributed by atoms with Gasteiger partial charge in [0.05, 0.1) is 37.1 Å². The van der Waals surface area contributed by atoms with E-state index >= 15 is 0 Å². The Morgan fingerprint density at radius 2 is 2.03 bits per heavy atom. The molecule has 0 aliphatic carbocycles. The highest BCUT2D eigenvalue weighted by Gasteiger charge is 2.46. The van der Waals surface area contributed by atoms with Gasteiger partial charge in [-0.2, -0.15) is 0 Å². The summed E-state index contributed by atoms with van der Waals surface area (Å²) in [6, 6.07) is 0. The van der Waals surface area contributed by atoms with Crippen molar-refractivity contribution in [3.05, 3.63) is 60.3 Å². The average molecular weight is 531 g/mol. The van der Waals surface area contributed by atoms with E-state index in [9.17, 15) is 4.79 Å². The maximum absolute atomic E-state index is 12.7. The van der Waals surface area contributed by atoms with Gasteiger partial charge in [0.1, 0.15) is 12.2 Å². The second-order valence-electron chi connectivity index (χ2n) is 11.0. The van der Waals surface area contributed by atoms with Crippen LogP contribution in [0.1, 0.15) is 65.2 Å². The Morgan fingerprint density at radius 3 is 2.84 bits per heavy atom. The quantitative estimate of drug-likeness (QED) is 0.194. The largest absolute Gasteiger partial charge is 0.459 e. The molecule has 0 aromatic carbocycles. The van der Waals surface area contributed by atoms with Gasteiger partial charge < -0.3 is 23.5 Å². The zero-order chi connectivity index (χ0) is 26.2. The normalized spacial score (nSPS) is 37.9. The highest BCUT2D eigenvalue weighted by atomic mass is 31.0. The Labute approximate surface area is 224 Å². The molecule has 6 nitrogen and oxygen atoms in total. The van der Waals surface area contributed by atoms with E-state index in [1.165, 1.54) is 17.2 Å². The molecule has 0 saturated carbocycles. The van der Waals surface area contributed by atoms with Crippen LogP contribution in [0.4, 0.5) is 0 Å². The monoisotopic (exact) mass is 530 g/mol. The van der Waals surface area contributed by atoms with E-state index in [1.807, 2.05) is 6.08 Å². The summed E-state index contributed by atoms with van der Waals surface area (Å²) in [5.41, 5.74) is 2.51. The first-order valence-electron chi connectivity index (χ1n) is 13.7. The Kier molecular flexibility index (Phi) is 10.8. The second-order valence-corrected chi connectivity index (χ2v) is 11.3. The summed E-state index contributed by atoms with van der Waals surface area (Å²) in [5.74, 6) is 0.139. The average Bonchev–Trinajstić information content (AvgIpc) is 3.61. The minimum absolute atomic E-state index is 0.00107. The van der Waals surface area contributed by atoms with Gasteiger partial charge in [0.15, 0.2) is 0 Å². The number of carbonyl (C=O) groups excluding carboxylic acids is 1. The van der Waals surface area contributed by atoms with E-state index < -0.39 is 0 Å². The second kappa shape index (κ2) is 14.0. The minimum Gasteiger partial charge on any atom is -0.459 e. The van der Waals surface area contributed by atoms with Gasteiger partial charge in [0.25, 0.3) is 0 Å². The molecule has 0 aromatic rings. The first-order valence-corrected chi connectivity index (χ1v) is 14.2. The van der Waals surface area contributed by atoms with Crippen molar-refractivity contribution in [3.63, 3.8) is 0 Å². The van der Waals surface area contributed by atoms with Crippen LogP contribution in [0.5, 0.6) is 0 Å². The molecule has 4 aliphatic rings. The maximum Gasteiger partial charge on any atom is 0.330 e. The zero-order valence-corrected chi connectivity index (χ0v) is 23.4. The molecule has 7 heteroatoms. The van der Waals surface area contributed by atoms with Gasteiger partial charge in [-0.3, -0.25) is 0 Å². The fraction of sp³-hybridized carbons (Fsp3) is 0.633. The highest BCUT2D eigenvalue weighted by molar-refractivity contribution is 7.09. The van der Waals surface area contributed by atoms with Crippen molar-refractivity contribution in [2.24, 2.45) is 5.92 Å². The molecule has 0 N–H and O–H groups in total. The summed E-state index contributed by atoms with van der Waals surface area (Å²) >= 11 is 0. The van der Waals surface area contributed by atoms with E-state index in [4.69, 9.17) is 23.5 Å². The fourth-order valence-electron chi connectivity index (χ4n) is 5.56. The molecular weight excluding hydrogens is 487 g/mol. The van der Waals surface area contributed by atoms with Gasteiger partial charge in [-0.1, -0.05) is 61.1 Å². The molecule has 0 aromatic heterocycles. The lowest BCUT2D eigenvalue weighted by molar-refractivity contribution is -0.143. The first kappa shape index (κ1) is 28.4. The van der Waals surface area contributed by atoms with Crippen molar-refractivity contribution in [2.45, 2.75) is 108 Å². The number of fused-ring (bicyclic) bond motifs is 3.